The number of piperidine rings is 1. The molecule has 8 nitrogen and oxygen atoms in total. The van der Waals surface area contributed by atoms with Gasteiger partial charge in [0.2, 0.25) is 22.0 Å². The molecule has 1 fully saturated rings. The van der Waals surface area contributed by atoms with Crippen LogP contribution in [-0.4, -0.2) is 79.5 Å². The summed E-state index contributed by atoms with van der Waals surface area (Å²) >= 11 is 0. The van der Waals surface area contributed by atoms with Crippen LogP contribution in [0.1, 0.15) is 64.1 Å². The zero-order valence-electron chi connectivity index (χ0n) is 22.3. The Hall–Kier alpha value is -1.81. The zero-order valence-corrected chi connectivity index (χ0v) is 23.3. The zero-order chi connectivity index (χ0) is 26.1. The van der Waals surface area contributed by atoms with Crippen molar-refractivity contribution in [3.05, 3.63) is 11.1 Å². The van der Waals surface area contributed by atoms with Crippen molar-refractivity contribution in [2.75, 3.05) is 41.6 Å². The SMILES string of the molecule is CCCCC1(O)CN2C(c3c(c(OC)c(OC)c(OC)c3OC)C[C@H]2C(C)(C)C)C(CO[Si])C1=O. The van der Waals surface area contributed by atoms with Crippen LogP contribution in [-0.2, 0) is 15.6 Å². The van der Waals surface area contributed by atoms with Crippen LogP contribution in [0.5, 0.6) is 23.0 Å². The van der Waals surface area contributed by atoms with Crippen molar-refractivity contribution in [3.63, 3.8) is 0 Å². The van der Waals surface area contributed by atoms with E-state index in [9.17, 15) is 9.90 Å². The molecule has 0 saturated carbocycles. The van der Waals surface area contributed by atoms with Gasteiger partial charge in [-0.1, -0.05) is 40.5 Å². The van der Waals surface area contributed by atoms with Crippen molar-refractivity contribution in [1.82, 2.24) is 4.90 Å². The molecule has 0 aliphatic carbocycles. The maximum Gasteiger partial charge on any atom is 0.246 e. The van der Waals surface area contributed by atoms with E-state index in [0.717, 1.165) is 24.0 Å². The molecule has 2 aliphatic heterocycles. The van der Waals surface area contributed by atoms with E-state index in [1.165, 1.54) is 0 Å². The third-order valence-corrected chi connectivity index (χ3v) is 7.72. The van der Waals surface area contributed by atoms with Crippen LogP contribution in [0.25, 0.3) is 0 Å². The molecule has 2 heterocycles. The van der Waals surface area contributed by atoms with E-state index in [1.54, 1.807) is 28.4 Å². The third-order valence-electron chi connectivity index (χ3n) is 7.56. The van der Waals surface area contributed by atoms with E-state index < -0.39 is 17.6 Å². The number of ketones is 1. The van der Waals surface area contributed by atoms with Crippen LogP contribution in [0.4, 0.5) is 0 Å². The molecule has 0 spiro atoms. The average molecular weight is 507 g/mol. The summed E-state index contributed by atoms with van der Waals surface area (Å²) in [6, 6.07) is -0.396. The van der Waals surface area contributed by atoms with Gasteiger partial charge in [-0.05, 0) is 18.3 Å². The molecule has 1 saturated heterocycles. The van der Waals surface area contributed by atoms with Crippen LogP contribution in [0.3, 0.4) is 0 Å². The molecule has 9 heteroatoms. The Morgan fingerprint density at radius 3 is 2.09 bits per heavy atom. The number of carbonyl (C=O) groups excluding carboxylic acids is 1. The second-order valence-electron chi connectivity index (χ2n) is 10.6. The Balaban J connectivity index is 2.37. The number of rotatable bonds is 9. The lowest BCUT2D eigenvalue weighted by Gasteiger charge is -2.56. The van der Waals surface area contributed by atoms with Crippen LogP contribution in [0.15, 0.2) is 0 Å². The van der Waals surface area contributed by atoms with Crippen molar-refractivity contribution in [2.45, 2.75) is 71.1 Å². The number of aliphatic hydroxyl groups is 1. The topological polar surface area (TPSA) is 86.7 Å². The first-order valence-corrected chi connectivity index (χ1v) is 12.6. The first-order valence-electron chi connectivity index (χ1n) is 12.2. The minimum Gasteiger partial charge on any atom is -0.492 e. The molecule has 2 aliphatic rings. The molecule has 195 valence electrons. The summed E-state index contributed by atoms with van der Waals surface area (Å²) in [6.45, 7) is 8.95. The highest BCUT2D eigenvalue weighted by molar-refractivity contribution is 5.98. The Kier molecular flexibility index (Phi) is 8.46. The Morgan fingerprint density at radius 1 is 1.03 bits per heavy atom. The van der Waals surface area contributed by atoms with Gasteiger partial charge in [-0.25, -0.2) is 0 Å². The molecule has 3 radical (unpaired) electrons. The van der Waals surface area contributed by atoms with Gasteiger partial charge in [-0.15, -0.1) is 0 Å². The molecule has 0 amide bonds. The van der Waals surface area contributed by atoms with E-state index >= 15 is 0 Å². The maximum absolute atomic E-state index is 13.9. The highest BCUT2D eigenvalue weighted by Gasteiger charge is 2.57. The van der Waals surface area contributed by atoms with Gasteiger partial charge in [0, 0.05) is 30.3 Å². The largest absolute Gasteiger partial charge is 0.492 e. The number of fused-ring (bicyclic) bond motifs is 3. The molecular weight excluding hydrogens is 466 g/mol. The molecule has 35 heavy (non-hydrogen) atoms. The molecule has 1 aromatic carbocycles. The van der Waals surface area contributed by atoms with Crippen molar-refractivity contribution >= 4 is 16.3 Å². The lowest BCUT2D eigenvalue weighted by atomic mass is 9.67. The monoisotopic (exact) mass is 506 g/mol. The van der Waals surface area contributed by atoms with Gasteiger partial charge in [0.25, 0.3) is 0 Å². The number of ether oxygens (including phenoxy) is 4. The Bertz CT molecular complexity index is 932. The summed E-state index contributed by atoms with van der Waals surface area (Å²) in [5.41, 5.74) is 0.139. The minimum absolute atomic E-state index is 0.00942. The van der Waals surface area contributed by atoms with Crippen molar-refractivity contribution < 1.29 is 33.3 Å². The van der Waals surface area contributed by atoms with Crippen LogP contribution in [0, 0.1) is 11.3 Å². The van der Waals surface area contributed by atoms with Gasteiger partial charge in [0.1, 0.15) is 5.60 Å². The number of hydrogen-bond donors (Lipinski definition) is 1. The van der Waals surface area contributed by atoms with Crippen molar-refractivity contribution in [1.29, 1.82) is 0 Å². The second-order valence-corrected chi connectivity index (χ2v) is 10.9. The molecule has 3 unspecified atom stereocenters. The molecule has 1 N–H and O–H groups in total. The smallest absolute Gasteiger partial charge is 0.246 e. The van der Waals surface area contributed by atoms with Gasteiger partial charge < -0.3 is 28.5 Å². The van der Waals surface area contributed by atoms with E-state index in [-0.39, 0.29) is 30.4 Å². The van der Waals surface area contributed by atoms with Gasteiger partial charge >= 0.3 is 0 Å². The third kappa shape index (κ3) is 4.68. The normalized spacial score (nSPS) is 26.7. The number of benzene rings is 1. The molecular formula is C26H40NO7Si. The number of nitrogens with zero attached hydrogens (tertiary/aromatic N) is 1. The van der Waals surface area contributed by atoms with Gasteiger partial charge in [-0.3, -0.25) is 9.69 Å². The fraction of sp³-hybridized carbons (Fsp3) is 0.731. The lowest BCUT2D eigenvalue weighted by Crippen LogP contribution is -2.66. The van der Waals surface area contributed by atoms with Gasteiger partial charge in [0.15, 0.2) is 17.3 Å². The Labute approximate surface area is 212 Å². The standard InChI is InChI=1S/C26H40NO7Si/c1-9-10-11-26(29)14-27-17(25(2,3)4)12-15-18(19(27)16(13-34-35)24(26)28)21(31-6)23(33-8)22(32-7)20(15)30-5/h16-17,19,29H,9-14H2,1-8H3/t16?,17-,19?,26?/m0/s1. The van der Waals surface area contributed by atoms with Crippen LogP contribution in [0.2, 0.25) is 0 Å². The predicted octanol–water partition coefficient (Wildman–Crippen LogP) is 3.26. The number of Topliss-reactive ketones (excluding diaryl/α,β-unsaturated/α-hetero) is 1. The molecule has 0 aromatic heterocycles. The van der Waals surface area contributed by atoms with E-state index in [0.29, 0.717) is 35.8 Å². The van der Waals surface area contributed by atoms with Crippen molar-refractivity contribution in [3.8, 4) is 23.0 Å². The summed E-state index contributed by atoms with van der Waals surface area (Å²) in [6.07, 6.45) is 2.71. The fourth-order valence-corrected chi connectivity index (χ4v) is 6.12. The van der Waals surface area contributed by atoms with E-state index in [2.05, 4.69) is 43.1 Å². The summed E-state index contributed by atoms with van der Waals surface area (Å²) in [5, 5.41) is 11.7. The highest BCUT2D eigenvalue weighted by atomic mass is 28.2. The average Bonchev–Trinajstić information content (AvgIpc) is 2.82. The number of carbonyl (C=O) groups is 1. The second kappa shape index (κ2) is 10.7. The molecule has 3 rings (SSSR count). The summed E-state index contributed by atoms with van der Waals surface area (Å²) in [4.78, 5) is 16.2. The van der Waals surface area contributed by atoms with Crippen molar-refractivity contribution in [2.24, 2.45) is 11.3 Å². The Morgan fingerprint density at radius 2 is 1.60 bits per heavy atom. The summed E-state index contributed by atoms with van der Waals surface area (Å²) in [7, 11) is 9.45. The quantitative estimate of drug-likeness (QED) is 0.511. The number of methoxy groups -OCH3 is 4. The molecule has 1 aromatic rings. The minimum atomic E-state index is -1.45. The van der Waals surface area contributed by atoms with E-state index in [1.807, 2.05) is 0 Å². The summed E-state index contributed by atoms with van der Waals surface area (Å²) in [5.74, 6) is 1.11. The predicted molar refractivity (Wildman–Crippen MR) is 134 cm³/mol. The molecule has 4 atom stereocenters. The summed E-state index contributed by atoms with van der Waals surface area (Å²) < 4.78 is 28.6. The molecule has 0 bridgehead atoms. The van der Waals surface area contributed by atoms with Crippen LogP contribution < -0.4 is 18.9 Å². The number of unbranched alkanes of at least 4 members (excludes halogenated alkanes) is 1. The van der Waals surface area contributed by atoms with Gasteiger partial charge in [0.05, 0.1) is 40.4 Å². The van der Waals surface area contributed by atoms with Gasteiger partial charge in [-0.2, -0.15) is 0 Å². The van der Waals surface area contributed by atoms with E-state index in [4.69, 9.17) is 23.4 Å². The fourth-order valence-electron chi connectivity index (χ4n) is 5.94. The lowest BCUT2D eigenvalue weighted by molar-refractivity contribution is -0.166. The number of hydrogen-bond acceptors (Lipinski definition) is 8. The first kappa shape index (κ1) is 27.8. The first-order chi connectivity index (χ1) is 16.5. The van der Waals surface area contributed by atoms with Crippen LogP contribution >= 0.6 is 0 Å². The maximum atomic E-state index is 13.9. The highest BCUT2D eigenvalue weighted by Crippen LogP contribution is 2.58.